The van der Waals surface area contributed by atoms with Crippen LogP contribution in [0, 0.1) is 5.95 Å². The summed E-state index contributed by atoms with van der Waals surface area (Å²) in [7, 11) is 0. The SMILES string of the molecule is CC(C(=O)Nc1cccc(F)n1)n1cncn1. The minimum Gasteiger partial charge on any atom is -0.309 e. The monoisotopic (exact) mass is 235 g/mol. The molecule has 1 amide bonds. The number of carbonyl (C=O) groups is 1. The van der Waals surface area contributed by atoms with E-state index in [-0.39, 0.29) is 11.7 Å². The molecule has 0 bridgehead atoms. The number of carbonyl (C=O) groups excluding carboxylic acids is 1. The molecule has 0 saturated heterocycles. The minimum atomic E-state index is -0.642. The molecule has 1 unspecified atom stereocenters. The van der Waals surface area contributed by atoms with Gasteiger partial charge in [-0.3, -0.25) is 4.79 Å². The molecule has 1 atom stereocenters. The quantitative estimate of drug-likeness (QED) is 0.806. The highest BCUT2D eigenvalue weighted by Crippen LogP contribution is 2.08. The maximum atomic E-state index is 12.8. The fourth-order valence-electron chi connectivity index (χ4n) is 1.25. The Hall–Kier alpha value is -2.31. The topological polar surface area (TPSA) is 72.7 Å². The average molecular weight is 235 g/mol. The van der Waals surface area contributed by atoms with E-state index in [2.05, 4.69) is 20.4 Å². The van der Waals surface area contributed by atoms with Crippen molar-refractivity contribution in [1.82, 2.24) is 19.7 Å². The molecule has 0 aliphatic heterocycles. The van der Waals surface area contributed by atoms with Gasteiger partial charge in [0.1, 0.15) is 24.5 Å². The fraction of sp³-hybridized carbons (Fsp3) is 0.200. The molecule has 2 aromatic heterocycles. The molecule has 0 spiro atoms. The summed E-state index contributed by atoms with van der Waals surface area (Å²) in [6, 6.07) is 3.64. The second-order valence-electron chi connectivity index (χ2n) is 3.39. The Bertz CT molecular complexity index is 513. The fourth-order valence-corrected chi connectivity index (χ4v) is 1.25. The van der Waals surface area contributed by atoms with E-state index in [9.17, 15) is 9.18 Å². The number of nitrogens with zero attached hydrogens (tertiary/aromatic N) is 4. The number of amides is 1. The third-order valence-electron chi connectivity index (χ3n) is 2.18. The highest BCUT2D eigenvalue weighted by Gasteiger charge is 2.15. The maximum absolute atomic E-state index is 12.8. The third-order valence-corrected chi connectivity index (χ3v) is 2.18. The van der Waals surface area contributed by atoms with Crippen LogP contribution in [0.1, 0.15) is 13.0 Å². The van der Waals surface area contributed by atoms with Crippen molar-refractivity contribution < 1.29 is 9.18 Å². The number of nitrogens with one attached hydrogen (secondary N) is 1. The standard InChI is InChI=1S/C10H10FN5O/c1-7(16-6-12-5-13-16)10(17)15-9-4-2-3-8(11)14-9/h2-7H,1H3,(H,14,15,17). The van der Waals surface area contributed by atoms with Crippen LogP contribution >= 0.6 is 0 Å². The summed E-state index contributed by atoms with van der Waals surface area (Å²) < 4.78 is 14.2. The molecule has 7 heteroatoms. The van der Waals surface area contributed by atoms with Crippen LogP contribution in [0.3, 0.4) is 0 Å². The molecule has 1 N–H and O–H groups in total. The zero-order chi connectivity index (χ0) is 12.3. The number of aromatic nitrogens is 4. The summed E-state index contributed by atoms with van der Waals surface area (Å²) in [5.41, 5.74) is 0. The van der Waals surface area contributed by atoms with Crippen LogP contribution < -0.4 is 5.32 Å². The third kappa shape index (κ3) is 2.63. The lowest BCUT2D eigenvalue weighted by Gasteiger charge is -2.11. The van der Waals surface area contributed by atoms with Gasteiger partial charge in [0.2, 0.25) is 11.9 Å². The molecular formula is C10H10FN5O. The summed E-state index contributed by atoms with van der Waals surface area (Å²) in [5.74, 6) is -0.813. The lowest BCUT2D eigenvalue weighted by atomic mass is 10.3. The molecule has 2 heterocycles. The first-order valence-corrected chi connectivity index (χ1v) is 4.94. The molecule has 2 rings (SSSR count). The molecule has 0 radical (unpaired) electrons. The van der Waals surface area contributed by atoms with Crippen molar-refractivity contribution in [3.63, 3.8) is 0 Å². The highest BCUT2D eigenvalue weighted by molar-refractivity contribution is 5.92. The van der Waals surface area contributed by atoms with Crippen LogP contribution in [0.5, 0.6) is 0 Å². The first kappa shape index (κ1) is 11.2. The van der Waals surface area contributed by atoms with E-state index in [4.69, 9.17) is 0 Å². The molecule has 17 heavy (non-hydrogen) atoms. The summed E-state index contributed by atoms with van der Waals surface area (Å²) in [5, 5.41) is 6.34. The number of halogens is 1. The molecule has 0 saturated carbocycles. The number of hydrogen-bond donors (Lipinski definition) is 1. The molecular weight excluding hydrogens is 225 g/mol. The van der Waals surface area contributed by atoms with E-state index < -0.39 is 12.0 Å². The summed E-state index contributed by atoms with van der Waals surface area (Å²) in [6.07, 6.45) is 2.77. The van der Waals surface area contributed by atoms with Crippen molar-refractivity contribution in [2.24, 2.45) is 0 Å². The molecule has 0 aliphatic carbocycles. The lowest BCUT2D eigenvalue weighted by Crippen LogP contribution is -2.24. The van der Waals surface area contributed by atoms with E-state index in [1.807, 2.05) is 0 Å². The largest absolute Gasteiger partial charge is 0.309 e. The van der Waals surface area contributed by atoms with Gasteiger partial charge < -0.3 is 5.32 Å². The molecule has 0 aromatic carbocycles. The van der Waals surface area contributed by atoms with Crippen molar-refractivity contribution in [3.8, 4) is 0 Å². The van der Waals surface area contributed by atoms with E-state index in [0.29, 0.717) is 0 Å². The van der Waals surface area contributed by atoms with Crippen molar-refractivity contribution in [2.75, 3.05) is 5.32 Å². The van der Waals surface area contributed by atoms with Crippen molar-refractivity contribution in [3.05, 3.63) is 36.8 Å². The first-order valence-electron chi connectivity index (χ1n) is 4.94. The van der Waals surface area contributed by atoms with E-state index in [0.717, 1.165) is 0 Å². The molecule has 0 fully saturated rings. The highest BCUT2D eigenvalue weighted by atomic mass is 19.1. The zero-order valence-corrected chi connectivity index (χ0v) is 9.04. The van der Waals surface area contributed by atoms with Crippen molar-refractivity contribution in [2.45, 2.75) is 13.0 Å². The van der Waals surface area contributed by atoms with Crippen LogP contribution in [0.15, 0.2) is 30.9 Å². The molecule has 0 aliphatic rings. The Balaban J connectivity index is 2.07. The van der Waals surface area contributed by atoms with Gasteiger partial charge in [-0.15, -0.1) is 0 Å². The number of pyridine rings is 1. The second kappa shape index (κ2) is 4.69. The van der Waals surface area contributed by atoms with Gasteiger partial charge in [-0.25, -0.2) is 14.6 Å². The Morgan fingerprint density at radius 3 is 3.00 bits per heavy atom. The molecule has 2 aromatic rings. The summed E-state index contributed by atoms with van der Waals surface area (Å²) in [4.78, 5) is 19.0. The number of anilines is 1. The normalized spacial score (nSPS) is 12.1. The predicted octanol–water partition coefficient (Wildman–Crippen LogP) is 1.01. The van der Waals surface area contributed by atoms with Crippen LogP contribution in [-0.2, 0) is 4.79 Å². The maximum Gasteiger partial charge on any atom is 0.250 e. The van der Waals surface area contributed by atoms with Crippen LogP contribution in [0.2, 0.25) is 0 Å². The van der Waals surface area contributed by atoms with Gasteiger partial charge in [0, 0.05) is 0 Å². The van der Waals surface area contributed by atoms with Crippen LogP contribution in [0.25, 0.3) is 0 Å². The lowest BCUT2D eigenvalue weighted by molar-refractivity contribution is -0.119. The van der Waals surface area contributed by atoms with Crippen molar-refractivity contribution in [1.29, 1.82) is 0 Å². The number of rotatable bonds is 3. The van der Waals surface area contributed by atoms with E-state index in [1.165, 1.54) is 35.5 Å². The van der Waals surface area contributed by atoms with Gasteiger partial charge in [-0.2, -0.15) is 9.49 Å². The second-order valence-corrected chi connectivity index (χ2v) is 3.39. The van der Waals surface area contributed by atoms with Gasteiger partial charge in [-0.05, 0) is 19.1 Å². The Morgan fingerprint density at radius 2 is 2.35 bits per heavy atom. The zero-order valence-electron chi connectivity index (χ0n) is 9.04. The molecule has 6 nitrogen and oxygen atoms in total. The Kier molecular flexibility index (Phi) is 3.08. The van der Waals surface area contributed by atoms with Gasteiger partial charge in [0.05, 0.1) is 0 Å². The van der Waals surface area contributed by atoms with Gasteiger partial charge in [0.25, 0.3) is 0 Å². The smallest absolute Gasteiger partial charge is 0.250 e. The van der Waals surface area contributed by atoms with Gasteiger partial charge in [0.15, 0.2) is 0 Å². The van der Waals surface area contributed by atoms with Crippen molar-refractivity contribution >= 4 is 11.7 Å². The number of hydrogen-bond acceptors (Lipinski definition) is 4. The Morgan fingerprint density at radius 1 is 1.53 bits per heavy atom. The molecule has 88 valence electrons. The minimum absolute atomic E-state index is 0.168. The van der Waals surface area contributed by atoms with Crippen LogP contribution in [0.4, 0.5) is 10.2 Å². The van der Waals surface area contributed by atoms with E-state index in [1.54, 1.807) is 6.92 Å². The first-order chi connectivity index (χ1) is 8.16. The summed E-state index contributed by atoms with van der Waals surface area (Å²) in [6.45, 7) is 1.66. The van der Waals surface area contributed by atoms with Gasteiger partial charge >= 0.3 is 0 Å². The average Bonchev–Trinajstić information content (AvgIpc) is 2.81. The van der Waals surface area contributed by atoms with Gasteiger partial charge in [-0.1, -0.05) is 6.07 Å². The van der Waals surface area contributed by atoms with Crippen LogP contribution in [-0.4, -0.2) is 25.7 Å². The predicted molar refractivity (Wildman–Crippen MR) is 57.6 cm³/mol. The summed E-state index contributed by atoms with van der Waals surface area (Å²) >= 11 is 0. The Labute approximate surface area is 96.5 Å². The van der Waals surface area contributed by atoms with E-state index >= 15 is 0 Å².